The Hall–Kier alpha value is -0.120. The Balaban J connectivity index is 3.55. The molecular formula is C9H21NO2. The van der Waals surface area contributed by atoms with Gasteiger partial charge in [0.05, 0.1) is 6.61 Å². The van der Waals surface area contributed by atoms with Crippen molar-refractivity contribution in [2.24, 2.45) is 5.92 Å². The van der Waals surface area contributed by atoms with Crippen LogP contribution < -0.4 is 5.32 Å². The Labute approximate surface area is 75.1 Å². The van der Waals surface area contributed by atoms with Crippen molar-refractivity contribution in [1.82, 2.24) is 5.32 Å². The Morgan fingerprint density at radius 1 is 1.42 bits per heavy atom. The van der Waals surface area contributed by atoms with E-state index in [1.807, 2.05) is 0 Å². The second-order valence-corrected chi connectivity index (χ2v) is 3.31. The van der Waals surface area contributed by atoms with Gasteiger partial charge in [-0.15, -0.1) is 0 Å². The number of aliphatic hydroxyl groups excluding tert-OH is 1. The number of ether oxygens (including phenoxy) is 1. The lowest BCUT2D eigenvalue weighted by atomic mass is 10.0. The summed E-state index contributed by atoms with van der Waals surface area (Å²) in [5.74, 6) is 0.590. The van der Waals surface area contributed by atoms with Crippen molar-refractivity contribution in [3.8, 4) is 0 Å². The molecule has 0 saturated carbocycles. The second kappa shape index (κ2) is 7.53. The molecule has 0 amide bonds. The smallest absolute Gasteiger partial charge is 0.0556 e. The third kappa shape index (κ3) is 5.52. The molecular weight excluding hydrogens is 154 g/mol. The highest BCUT2D eigenvalue weighted by Crippen LogP contribution is 2.05. The van der Waals surface area contributed by atoms with Gasteiger partial charge in [-0.3, -0.25) is 0 Å². The van der Waals surface area contributed by atoms with Crippen LogP contribution in [0.25, 0.3) is 0 Å². The summed E-state index contributed by atoms with van der Waals surface area (Å²) in [6.45, 7) is 6.00. The zero-order valence-electron chi connectivity index (χ0n) is 8.34. The Morgan fingerprint density at radius 3 is 2.50 bits per heavy atom. The third-order valence-electron chi connectivity index (χ3n) is 1.96. The van der Waals surface area contributed by atoms with E-state index in [1.54, 1.807) is 7.11 Å². The number of hydrogen-bond donors (Lipinski definition) is 2. The molecule has 74 valence electrons. The molecule has 0 fully saturated rings. The van der Waals surface area contributed by atoms with Crippen LogP contribution in [0.3, 0.4) is 0 Å². The van der Waals surface area contributed by atoms with E-state index >= 15 is 0 Å². The zero-order chi connectivity index (χ0) is 9.40. The molecule has 3 nitrogen and oxygen atoms in total. The van der Waals surface area contributed by atoms with Crippen molar-refractivity contribution >= 4 is 0 Å². The van der Waals surface area contributed by atoms with Crippen molar-refractivity contribution in [3.63, 3.8) is 0 Å². The fourth-order valence-corrected chi connectivity index (χ4v) is 1.17. The maximum Gasteiger partial charge on any atom is 0.0556 e. The Bertz CT molecular complexity index is 88.5. The van der Waals surface area contributed by atoms with Crippen LogP contribution in [0.1, 0.15) is 20.3 Å². The molecule has 0 bridgehead atoms. The van der Waals surface area contributed by atoms with Crippen LogP contribution in [0, 0.1) is 5.92 Å². The highest BCUT2D eigenvalue weighted by Gasteiger charge is 2.11. The molecule has 0 aliphatic carbocycles. The molecule has 1 unspecified atom stereocenters. The summed E-state index contributed by atoms with van der Waals surface area (Å²) in [5, 5.41) is 11.9. The van der Waals surface area contributed by atoms with Gasteiger partial charge in [0.25, 0.3) is 0 Å². The molecule has 0 heterocycles. The maximum absolute atomic E-state index is 8.63. The van der Waals surface area contributed by atoms with E-state index in [0.29, 0.717) is 18.5 Å². The van der Waals surface area contributed by atoms with Crippen molar-refractivity contribution in [2.45, 2.75) is 26.3 Å². The predicted octanol–water partition coefficient (Wildman–Crippen LogP) is 0.629. The Kier molecular flexibility index (Phi) is 7.45. The van der Waals surface area contributed by atoms with Gasteiger partial charge >= 0.3 is 0 Å². The minimum Gasteiger partial charge on any atom is -0.395 e. The van der Waals surface area contributed by atoms with E-state index < -0.39 is 0 Å². The molecule has 12 heavy (non-hydrogen) atoms. The van der Waals surface area contributed by atoms with Crippen LogP contribution in [-0.4, -0.2) is 38.0 Å². The summed E-state index contributed by atoms with van der Waals surface area (Å²) >= 11 is 0. The number of rotatable bonds is 7. The van der Waals surface area contributed by atoms with Gasteiger partial charge in [0.2, 0.25) is 0 Å². The van der Waals surface area contributed by atoms with Crippen molar-refractivity contribution in [2.75, 3.05) is 26.9 Å². The van der Waals surface area contributed by atoms with Crippen molar-refractivity contribution in [3.05, 3.63) is 0 Å². The second-order valence-electron chi connectivity index (χ2n) is 3.31. The Morgan fingerprint density at radius 2 is 2.08 bits per heavy atom. The summed E-state index contributed by atoms with van der Waals surface area (Å²) in [5.41, 5.74) is 0. The first-order chi connectivity index (χ1) is 5.72. The third-order valence-corrected chi connectivity index (χ3v) is 1.96. The van der Waals surface area contributed by atoms with Gasteiger partial charge in [-0.1, -0.05) is 13.8 Å². The van der Waals surface area contributed by atoms with Crippen LogP contribution in [0.15, 0.2) is 0 Å². The molecule has 0 aromatic rings. The predicted molar refractivity (Wildman–Crippen MR) is 50.2 cm³/mol. The molecule has 0 aliphatic rings. The van der Waals surface area contributed by atoms with E-state index in [4.69, 9.17) is 9.84 Å². The van der Waals surface area contributed by atoms with Crippen LogP contribution in [-0.2, 0) is 4.74 Å². The van der Waals surface area contributed by atoms with Crippen LogP contribution in [0.2, 0.25) is 0 Å². The highest BCUT2D eigenvalue weighted by molar-refractivity contribution is 4.69. The normalized spacial score (nSPS) is 13.8. The summed E-state index contributed by atoms with van der Waals surface area (Å²) in [6.07, 6.45) is 1.01. The molecule has 0 aromatic carbocycles. The number of methoxy groups -OCH3 is 1. The summed E-state index contributed by atoms with van der Waals surface area (Å²) in [4.78, 5) is 0. The standard InChI is InChI=1S/C9H21NO2/c1-8(2)9(4-7-12-3)10-5-6-11/h8-11H,4-7H2,1-3H3. The fraction of sp³-hybridized carbons (Fsp3) is 1.00. The van der Waals surface area contributed by atoms with Gasteiger partial charge in [-0.05, 0) is 12.3 Å². The minimum atomic E-state index is 0.205. The summed E-state index contributed by atoms with van der Waals surface area (Å²) in [6, 6.07) is 0.456. The number of hydrogen-bond acceptors (Lipinski definition) is 3. The highest BCUT2D eigenvalue weighted by atomic mass is 16.5. The molecule has 3 heteroatoms. The monoisotopic (exact) mass is 175 g/mol. The van der Waals surface area contributed by atoms with Crippen LogP contribution in [0.4, 0.5) is 0 Å². The van der Waals surface area contributed by atoms with Gasteiger partial charge in [-0.2, -0.15) is 0 Å². The van der Waals surface area contributed by atoms with Crippen LogP contribution >= 0.6 is 0 Å². The lowest BCUT2D eigenvalue weighted by Crippen LogP contribution is -2.36. The number of aliphatic hydroxyl groups is 1. The molecule has 0 radical (unpaired) electrons. The van der Waals surface area contributed by atoms with Gasteiger partial charge in [0.1, 0.15) is 0 Å². The van der Waals surface area contributed by atoms with Gasteiger partial charge in [0, 0.05) is 26.3 Å². The minimum absolute atomic E-state index is 0.205. The largest absolute Gasteiger partial charge is 0.395 e. The average Bonchev–Trinajstić information content (AvgIpc) is 2.04. The number of nitrogens with one attached hydrogen (secondary N) is 1. The molecule has 0 spiro atoms. The lowest BCUT2D eigenvalue weighted by molar-refractivity contribution is 0.170. The zero-order valence-corrected chi connectivity index (χ0v) is 8.34. The molecule has 0 aromatic heterocycles. The van der Waals surface area contributed by atoms with E-state index in [-0.39, 0.29) is 6.61 Å². The van der Waals surface area contributed by atoms with Gasteiger partial charge in [0.15, 0.2) is 0 Å². The van der Waals surface area contributed by atoms with E-state index in [0.717, 1.165) is 13.0 Å². The van der Waals surface area contributed by atoms with E-state index in [1.165, 1.54) is 0 Å². The van der Waals surface area contributed by atoms with Crippen LogP contribution in [0.5, 0.6) is 0 Å². The molecule has 0 rings (SSSR count). The fourth-order valence-electron chi connectivity index (χ4n) is 1.17. The maximum atomic E-state index is 8.63. The van der Waals surface area contributed by atoms with Gasteiger partial charge in [-0.25, -0.2) is 0 Å². The molecule has 0 saturated heterocycles. The van der Waals surface area contributed by atoms with Crippen molar-refractivity contribution < 1.29 is 9.84 Å². The quantitative estimate of drug-likeness (QED) is 0.596. The van der Waals surface area contributed by atoms with Crippen molar-refractivity contribution in [1.29, 1.82) is 0 Å². The molecule has 2 N–H and O–H groups in total. The first-order valence-electron chi connectivity index (χ1n) is 4.55. The SMILES string of the molecule is COCCC(NCCO)C(C)C. The summed E-state index contributed by atoms with van der Waals surface area (Å²) in [7, 11) is 1.71. The first kappa shape index (κ1) is 11.9. The first-order valence-corrected chi connectivity index (χ1v) is 4.55. The molecule has 1 atom stereocenters. The molecule has 0 aliphatic heterocycles. The average molecular weight is 175 g/mol. The summed E-state index contributed by atoms with van der Waals surface area (Å²) < 4.78 is 5.00. The van der Waals surface area contributed by atoms with E-state index in [2.05, 4.69) is 19.2 Å². The van der Waals surface area contributed by atoms with E-state index in [9.17, 15) is 0 Å². The lowest BCUT2D eigenvalue weighted by Gasteiger charge is -2.21. The topological polar surface area (TPSA) is 41.5 Å². The van der Waals surface area contributed by atoms with Gasteiger partial charge < -0.3 is 15.2 Å².